The maximum Gasteiger partial charge on any atom is 0.434 e. The first-order valence-electron chi connectivity index (χ1n) is 3.63. The lowest BCUT2D eigenvalue weighted by atomic mass is 9.79. The van der Waals surface area contributed by atoms with E-state index in [0.29, 0.717) is 0 Å². The lowest BCUT2D eigenvalue weighted by Crippen LogP contribution is -2.41. The molecule has 0 radical (unpaired) electrons. The Hall–Kier alpha value is -0.860. The molecule has 0 N–H and O–H groups in total. The maximum absolute atomic E-state index is 10.7. The molecule has 11 heavy (non-hydrogen) atoms. The van der Waals surface area contributed by atoms with Gasteiger partial charge in [0.1, 0.15) is 0 Å². The minimum atomic E-state index is -0.538. The van der Waals surface area contributed by atoms with Gasteiger partial charge in [0.25, 0.3) is 0 Å². The van der Waals surface area contributed by atoms with Crippen LogP contribution in [0.3, 0.4) is 0 Å². The summed E-state index contributed by atoms with van der Waals surface area (Å²) in [7, 11) is 0. The molecule has 0 spiro atoms. The molecule has 0 aliphatic carbocycles. The van der Waals surface area contributed by atoms with Crippen molar-refractivity contribution in [2.24, 2.45) is 10.4 Å². The third-order valence-corrected chi connectivity index (χ3v) is 2.20. The standard InChI is InChI=1S/C8H13NO2/c1-7(2,3)8(4)5-9-6(10)11-8/h5H,1-4H3. The van der Waals surface area contributed by atoms with Crippen LogP contribution in [0.15, 0.2) is 4.99 Å². The van der Waals surface area contributed by atoms with Crippen LogP contribution < -0.4 is 0 Å². The minimum absolute atomic E-state index is 0.0946. The summed E-state index contributed by atoms with van der Waals surface area (Å²) in [5.41, 5.74) is -0.632. The second kappa shape index (κ2) is 2.06. The molecule has 0 aromatic rings. The molecular formula is C8H13NO2. The lowest BCUT2D eigenvalue weighted by molar-refractivity contribution is 0.0189. The van der Waals surface area contributed by atoms with Crippen LogP contribution in [0.5, 0.6) is 0 Å². The van der Waals surface area contributed by atoms with Crippen molar-refractivity contribution in [1.29, 1.82) is 0 Å². The summed E-state index contributed by atoms with van der Waals surface area (Å²) in [6.45, 7) is 7.90. The van der Waals surface area contributed by atoms with Gasteiger partial charge in [0, 0.05) is 5.41 Å². The molecule has 0 aromatic heterocycles. The number of hydrogen-bond acceptors (Lipinski definition) is 2. The molecule has 1 aliphatic rings. The first-order valence-corrected chi connectivity index (χ1v) is 3.63. The predicted octanol–water partition coefficient (Wildman–Crippen LogP) is 2.01. The first-order chi connectivity index (χ1) is 4.85. The zero-order valence-electron chi connectivity index (χ0n) is 7.34. The Morgan fingerprint density at radius 3 is 2.27 bits per heavy atom. The van der Waals surface area contributed by atoms with Gasteiger partial charge in [0.05, 0.1) is 6.21 Å². The average Bonchev–Trinajstić information content (AvgIpc) is 2.10. The molecule has 1 amide bonds. The van der Waals surface area contributed by atoms with E-state index >= 15 is 0 Å². The summed E-state index contributed by atoms with van der Waals surface area (Å²) in [5.74, 6) is 0. The molecular weight excluding hydrogens is 142 g/mol. The number of amides is 1. The van der Waals surface area contributed by atoms with Crippen molar-refractivity contribution in [3.63, 3.8) is 0 Å². The summed E-state index contributed by atoms with van der Waals surface area (Å²) in [4.78, 5) is 14.3. The quantitative estimate of drug-likeness (QED) is 0.536. The lowest BCUT2D eigenvalue weighted by Gasteiger charge is -2.33. The second-order valence-electron chi connectivity index (χ2n) is 3.98. The number of cyclic esters (lactones) is 1. The minimum Gasteiger partial charge on any atom is -0.435 e. The van der Waals surface area contributed by atoms with Crippen molar-refractivity contribution in [2.45, 2.75) is 33.3 Å². The molecule has 0 saturated carbocycles. The number of rotatable bonds is 0. The second-order valence-corrected chi connectivity index (χ2v) is 3.98. The van der Waals surface area contributed by atoms with E-state index in [1.807, 2.05) is 27.7 Å². The smallest absolute Gasteiger partial charge is 0.434 e. The van der Waals surface area contributed by atoms with Gasteiger partial charge in [-0.05, 0) is 6.92 Å². The van der Waals surface area contributed by atoms with Crippen LogP contribution in [-0.4, -0.2) is 17.9 Å². The Morgan fingerprint density at radius 2 is 2.09 bits per heavy atom. The topological polar surface area (TPSA) is 38.7 Å². The SMILES string of the molecule is CC(C)(C)C1(C)C=NC(=O)O1. The van der Waals surface area contributed by atoms with Gasteiger partial charge in [0.2, 0.25) is 0 Å². The van der Waals surface area contributed by atoms with Gasteiger partial charge in [0.15, 0.2) is 5.60 Å². The monoisotopic (exact) mass is 155 g/mol. The highest BCUT2D eigenvalue weighted by atomic mass is 16.6. The fraction of sp³-hybridized carbons (Fsp3) is 0.750. The van der Waals surface area contributed by atoms with Gasteiger partial charge in [-0.2, -0.15) is 4.99 Å². The fourth-order valence-corrected chi connectivity index (χ4v) is 0.757. The van der Waals surface area contributed by atoms with Crippen molar-refractivity contribution in [2.75, 3.05) is 0 Å². The third kappa shape index (κ3) is 1.27. The summed E-state index contributed by atoms with van der Waals surface area (Å²) in [6.07, 6.45) is 1.09. The molecule has 1 heterocycles. The molecule has 1 rings (SSSR count). The average molecular weight is 155 g/mol. The molecule has 1 aliphatic heterocycles. The van der Waals surface area contributed by atoms with Gasteiger partial charge in [-0.3, -0.25) is 0 Å². The molecule has 0 saturated heterocycles. The molecule has 3 nitrogen and oxygen atoms in total. The van der Waals surface area contributed by atoms with E-state index in [4.69, 9.17) is 4.74 Å². The van der Waals surface area contributed by atoms with Crippen LogP contribution in [0.2, 0.25) is 0 Å². The van der Waals surface area contributed by atoms with E-state index in [1.54, 1.807) is 6.21 Å². The van der Waals surface area contributed by atoms with Crippen LogP contribution in [0.1, 0.15) is 27.7 Å². The van der Waals surface area contributed by atoms with Gasteiger partial charge < -0.3 is 4.74 Å². The third-order valence-electron chi connectivity index (χ3n) is 2.20. The van der Waals surface area contributed by atoms with Crippen molar-refractivity contribution in [3.8, 4) is 0 Å². The predicted molar refractivity (Wildman–Crippen MR) is 42.8 cm³/mol. The maximum atomic E-state index is 10.7. The molecule has 0 bridgehead atoms. The van der Waals surface area contributed by atoms with Crippen LogP contribution in [0, 0.1) is 5.41 Å². The number of carbonyl (C=O) groups is 1. The van der Waals surface area contributed by atoms with E-state index < -0.39 is 11.7 Å². The number of nitrogens with zero attached hydrogens (tertiary/aromatic N) is 1. The van der Waals surface area contributed by atoms with E-state index in [0.717, 1.165) is 0 Å². The summed E-state index contributed by atoms with van der Waals surface area (Å²) < 4.78 is 5.05. The van der Waals surface area contributed by atoms with E-state index in [2.05, 4.69) is 4.99 Å². The van der Waals surface area contributed by atoms with E-state index in [1.165, 1.54) is 0 Å². The highest BCUT2D eigenvalue weighted by molar-refractivity contribution is 5.90. The molecule has 1 unspecified atom stereocenters. The Kier molecular flexibility index (Phi) is 1.54. The summed E-state index contributed by atoms with van der Waals surface area (Å²) in [6, 6.07) is 0. The molecule has 0 fully saturated rings. The number of carbonyl (C=O) groups excluding carboxylic acids is 1. The van der Waals surface area contributed by atoms with Crippen molar-refractivity contribution < 1.29 is 9.53 Å². The highest BCUT2D eigenvalue weighted by Gasteiger charge is 2.43. The van der Waals surface area contributed by atoms with Gasteiger partial charge in [-0.1, -0.05) is 20.8 Å². The van der Waals surface area contributed by atoms with Crippen molar-refractivity contribution in [1.82, 2.24) is 0 Å². The Morgan fingerprint density at radius 1 is 1.55 bits per heavy atom. The van der Waals surface area contributed by atoms with E-state index in [-0.39, 0.29) is 5.41 Å². The van der Waals surface area contributed by atoms with Crippen LogP contribution in [-0.2, 0) is 4.74 Å². The molecule has 0 aromatic carbocycles. The van der Waals surface area contributed by atoms with Gasteiger partial charge in [-0.15, -0.1) is 0 Å². The summed E-state index contributed by atoms with van der Waals surface area (Å²) >= 11 is 0. The fourth-order valence-electron chi connectivity index (χ4n) is 0.757. The van der Waals surface area contributed by atoms with Gasteiger partial charge >= 0.3 is 6.09 Å². The normalized spacial score (nSPS) is 30.7. The van der Waals surface area contributed by atoms with Crippen LogP contribution >= 0.6 is 0 Å². The highest BCUT2D eigenvalue weighted by Crippen LogP contribution is 2.34. The largest absolute Gasteiger partial charge is 0.435 e. The first kappa shape index (κ1) is 8.24. The number of ether oxygens (including phenoxy) is 1. The van der Waals surface area contributed by atoms with Crippen molar-refractivity contribution >= 4 is 12.3 Å². The van der Waals surface area contributed by atoms with E-state index in [9.17, 15) is 4.79 Å². The van der Waals surface area contributed by atoms with Crippen LogP contribution in [0.25, 0.3) is 0 Å². The zero-order valence-corrected chi connectivity index (χ0v) is 7.34. The van der Waals surface area contributed by atoms with Crippen molar-refractivity contribution in [3.05, 3.63) is 0 Å². The molecule has 1 atom stereocenters. The Balaban J connectivity index is 2.88. The van der Waals surface area contributed by atoms with Crippen LogP contribution in [0.4, 0.5) is 4.79 Å². The number of aliphatic imine (C=N–C) groups is 1. The number of hydrogen-bond donors (Lipinski definition) is 0. The molecule has 3 heteroatoms. The van der Waals surface area contributed by atoms with Gasteiger partial charge in [-0.25, -0.2) is 4.79 Å². The molecule has 62 valence electrons. The Bertz CT molecular complexity index is 215. The Labute approximate surface area is 66.5 Å². The zero-order chi connectivity index (χ0) is 8.70. The summed E-state index contributed by atoms with van der Waals surface area (Å²) in [5, 5.41) is 0.